The summed E-state index contributed by atoms with van der Waals surface area (Å²) in [5.41, 5.74) is 5.90. The van der Waals surface area contributed by atoms with E-state index in [1.54, 1.807) is 11.3 Å². The number of hydrogen-bond acceptors (Lipinski definition) is 4. The van der Waals surface area contributed by atoms with Gasteiger partial charge in [0, 0.05) is 11.4 Å². The molecule has 0 saturated heterocycles. The molecule has 1 N–H and O–H groups in total. The predicted octanol–water partition coefficient (Wildman–Crippen LogP) is 1.54. The van der Waals surface area contributed by atoms with Gasteiger partial charge >= 0.3 is 0 Å². The lowest BCUT2D eigenvalue weighted by atomic mass is 10.3. The Kier molecular flexibility index (Phi) is 4.21. The molecule has 0 unspecified atom stereocenters. The van der Waals surface area contributed by atoms with Crippen molar-refractivity contribution in [3.8, 4) is 0 Å². The first-order valence-corrected chi connectivity index (χ1v) is 4.96. The number of aromatic nitrogens is 1. The zero-order chi connectivity index (χ0) is 8.81. The number of rotatable bonds is 5. The fourth-order valence-corrected chi connectivity index (χ4v) is 1.69. The third-order valence-electron chi connectivity index (χ3n) is 1.55. The van der Waals surface area contributed by atoms with Crippen molar-refractivity contribution in [2.75, 3.05) is 13.2 Å². The fraction of sp³-hybridized carbons (Fsp3) is 0.625. The first-order chi connectivity index (χ1) is 5.84. The number of nitrogens with zero attached hydrogens (tertiary/aromatic N) is 1. The number of hydroxylamine groups is 1. The Morgan fingerprint density at radius 1 is 1.67 bits per heavy atom. The van der Waals surface area contributed by atoms with Crippen molar-refractivity contribution in [2.24, 2.45) is 0 Å². The second-order valence-corrected chi connectivity index (χ2v) is 3.38. The largest absolute Gasteiger partial charge is 0.302 e. The average molecular weight is 186 g/mol. The standard InChI is InChI=1S/C8H14N2OS/c1-3-11-10-5-4-8-7(2)9-6-12-8/h6,10H,3-5H2,1-2H3. The van der Waals surface area contributed by atoms with Gasteiger partial charge in [-0.3, -0.25) is 0 Å². The van der Waals surface area contributed by atoms with Crippen LogP contribution in [-0.2, 0) is 11.3 Å². The summed E-state index contributed by atoms with van der Waals surface area (Å²) in [5, 5.41) is 0. The molecule has 0 amide bonds. The maximum atomic E-state index is 5.01. The van der Waals surface area contributed by atoms with Gasteiger partial charge < -0.3 is 4.84 Å². The molecule has 0 radical (unpaired) electrons. The molecular formula is C8H14N2OS. The molecule has 1 rings (SSSR count). The van der Waals surface area contributed by atoms with Gasteiger partial charge in [0.2, 0.25) is 0 Å². The molecule has 1 aromatic rings. The monoisotopic (exact) mass is 186 g/mol. The minimum Gasteiger partial charge on any atom is -0.302 e. The van der Waals surface area contributed by atoms with Crippen LogP contribution in [-0.4, -0.2) is 18.1 Å². The van der Waals surface area contributed by atoms with E-state index < -0.39 is 0 Å². The molecule has 0 atom stereocenters. The van der Waals surface area contributed by atoms with Crippen LogP contribution in [0, 0.1) is 6.92 Å². The highest BCUT2D eigenvalue weighted by Gasteiger charge is 1.99. The fourth-order valence-electron chi connectivity index (χ4n) is 0.905. The first kappa shape index (κ1) is 9.64. The molecule has 3 nitrogen and oxygen atoms in total. The van der Waals surface area contributed by atoms with Gasteiger partial charge in [0.15, 0.2) is 0 Å². The van der Waals surface area contributed by atoms with Gasteiger partial charge in [-0.2, -0.15) is 0 Å². The molecule has 1 aromatic heterocycles. The number of hydrogen-bond donors (Lipinski definition) is 1. The second kappa shape index (κ2) is 5.24. The molecule has 0 spiro atoms. The smallest absolute Gasteiger partial charge is 0.0797 e. The Hall–Kier alpha value is -0.450. The van der Waals surface area contributed by atoms with Crippen molar-refractivity contribution in [3.63, 3.8) is 0 Å². The van der Waals surface area contributed by atoms with E-state index in [-0.39, 0.29) is 0 Å². The lowest BCUT2D eigenvalue weighted by Gasteiger charge is -2.01. The summed E-state index contributed by atoms with van der Waals surface area (Å²) >= 11 is 1.70. The molecule has 0 aliphatic carbocycles. The Morgan fingerprint density at radius 2 is 2.50 bits per heavy atom. The van der Waals surface area contributed by atoms with Crippen molar-refractivity contribution >= 4 is 11.3 Å². The van der Waals surface area contributed by atoms with E-state index in [0.29, 0.717) is 6.61 Å². The van der Waals surface area contributed by atoms with Crippen molar-refractivity contribution in [3.05, 3.63) is 16.1 Å². The van der Waals surface area contributed by atoms with E-state index in [1.165, 1.54) is 4.88 Å². The molecule has 0 bridgehead atoms. The molecular weight excluding hydrogens is 172 g/mol. The second-order valence-electron chi connectivity index (χ2n) is 2.44. The summed E-state index contributed by atoms with van der Waals surface area (Å²) in [5.74, 6) is 0. The van der Waals surface area contributed by atoms with Crippen LogP contribution in [0.1, 0.15) is 17.5 Å². The van der Waals surface area contributed by atoms with E-state index >= 15 is 0 Å². The molecule has 0 aliphatic heterocycles. The van der Waals surface area contributed by atoms with E-state index in [2.05, 4.69) is 10.5 Å². The molecule has 68 valence electrons. The molecule has 0 aliphatic rings. The summed E-state index contributed by atoms with van der Waals surface area (Å²) in [6, 6.07) is 0. The van der Waals surface area contributed by atoms with E-state index in [1.807, 2.05) is 19.4 Å². The topological polar surface area (TPSA) is 34.1 Å². The van der Waals surface area contributed by atoms with Crippen LogP contribution < -0.4 is 5.48 Å². The summed E-state index contributed by atoms with van der Waals surface area (Å²) < 4.78 is 0. The van der Waals surface area contributed by atoms with Gasteiger partial charge in [-0.05, 0) is 20.3 Å². The van der Waals surface area contributed by atoms with Gasteiger partial charge in [0.25, 0.3) is 0 Å². The first-order valence-electron chi connectivity index (χ1n) is 4.08. The third-order valence-corrected chi connectivity index (χ3v) is 2.54. The zero-order valence-corrected chi connectivity index (χ0v) is 8.28. The Labute approximate surface area is 76.7 Å². The average Bonchev–Trinajstić information content (AvgIpc) is 2.46. The summed E-state index contributed by atoms with van der Waals surface area (Å²) in [6.07, 6.45) is 0.997. The van der Waals surface area contributed by atoms with Gasteiger partial charge in [-0.25, -0.2) is 10.5 Å². The summed E-state index contributed by atoms with van der Waals surface area (Å²) in [7, 11) is 0. The maximum Gasteiger partial charge on any atom is 0.0797 e. The zero-order valence-electron chi connectivity index (χ0n) is 7.46. The number of aryl methyl sites for hydroxylation is 1. The van der Waals surface area contributed by atoms with E-state index in [9.17, 15) is 0 Å². The van der Waals surface area contributed by atoms with Crippen LogP contribution in [0.2, 0.25) is 0 Å². The van der Waals surface area contributed by atoms with E-state index in [0.717, 1.165) is 18.7 Å². The minimum atomic E-state index is 0.710. The van der Waals surface area contributed by atoms with Crippen LogP contribution >= 0.6 is 11.3 Å². The van der Waals surface area contributed by atoms with E-state index in [4.69, 9.17) is 4.84 Å². The Bertz CT molecular complexity index is 225. The SMILES string of the molecule is CCONCCc1scnc1C. The molecule has 4 heteroatoms. The highest BCUT2D eigenvalue weighted by molar-refractivity contribution is 7.09. The lowest BCUT2D eigenvalue weighted by molar-refractivity contribution is 0.0520. The minimum absolute atomic E-state index is 0.710. The molecule has 0 aromatic carbocycles. The van der Waals surface area contributed by atoms with Crippen molar-refractivity contribution in [1.82, 2.24) is 10.5 Å². The van der Waals surface area contributed by atoms with Crippen LogP contribution in [0.15, 0.2) is 5.51 Å². The van der Waals surface area contributed by atoms with Gasteiger partial charge in [0.1, 0.15) is 0 Å². The number of nitrogens with one attached hydrogen (secondary N) is 1. The normalized spacial score (nSPS) is 10.5. The van der Waals surface area contributed by atoms with Crippen molar-refractivity contribution in [2.45, 2.75) is 20.3 Å². The quantitative estimate of drug-likeness (QED) is 0.559. The highest BCUT2D eigenvalue weighted by atomic mass is 32.1. The van der Waals surface area contributed by atoms with Crippen LogP contribution in [0.3, 0.4) is 0 Å². The van der Waals surface area contributed by atoms with Crippen molar-refractivity contribution in [1.29, 1.82) is 0 Å². The summed E-state index contributed by atoms with van der Waals surface area (Å²) in [6.45, 7) is 5.57. The Morgan fingerprint density at radius 3 is 3.08 bits per heavy atom. The summed E-state index contributed by atoms with van der Waals surface area (Å²) in [4.78, 5) is 10.5. The highest BCUT2D eigenvalue weighted by Crippen LogP contribution is 2.11. The predicted molar refractivity (Wildman–Crippen MR) is 50.2 cm³/mol. The molecule has 1 heterocycles. The van der Waals surface area contributed by atoms with Crippen molar-refractivity contribution < 1.29 is 4.84 Å². The Balaban J connectivity index is 2.20. The number of thiazole rings is 1. The van der Waals surface area contributed by atoms with Crippen LogP contribution in [0.5, 0.6) is 0 Å². The third kappa shape index (κ3) is 2.89. The molecule has 0 fully saturated rings. The van der Waals surface area contributed by atoms with Crippen LogP contribution in [0.4, 0.5) is 0 Å². The lowest BCUT2D eigenvalue weighted by Crippen LogP contribution is -2.17. The van der Waals surface area contributed by atoms with Gasteiger partial charge in [-0.1, -0.05) is 0 Å². The molecule has 0 saturated carbocycles. The van der Waals surface area contributed by atoms with Gasteiger partial charge in [0.05, 0.1) is 17.8 Å². The maximum absolute atomic E-state index is 5.01. The van der Waals surface area contributed by atoms with Gasteiger partial charge in [-0.15, -0.1) is 11.3 Å². The van der Waals surface area contributed by atoms with Crippen LogP contribution in [0.25, 0.3) is 0 Å². The molecule has 12 heavy (non-hydrogen) atoms.